The Balaban J connectivity index is 1.75. The van der Waals surface area contributed by atoms with Crippen LogP contribution in [0.25, 0.3) is 11.2 Å². The first kappa shape index (κ1) is 12.1. The Kier molecular flexibility index (Phi) is 2.66. The summed E-state index contributed by atoms with van der Waals surface area (Å²) in [5.41, 5.74) is 8.56. The normalized spacial score (nSPS) is 27.1. The molecule has 0 unspecified atom stereocenters. The summed E-state index contributed by atoms with van der Waals surface area (Å²) in [4.78, 5) is 9.20. The van der Waals surface area contributed by atoms with Crippen molar-refractivity contribution in [3.63, 3.8) is 0 Å². The minimum absolute atomic E-state index is 0.168. The van der Waals surface area contributed by atoms with Gasteiger partial charge < -0.3 is 10.8 Å². The molecular weight excluding hydrogens is 254 g/mol. The first-order chi connectivity index (χ1) is 9.72. The fourth-order valence-electron chi connectivity index (χ4n) is 3.08. The Morgan fingerprint density at radius 3 is 2.60 bits per heavy atom. The summed E-state index contributed by atoms with van der Waals surface area (Å²) in [5.74, 6) is 1.03. The fraction of sp³-hybridized carbons (Fsp3) is 0.643. The number of nitrogen functional groups attached to an aromatic ring is 1. The van der Waals surface area contributed by atoms with E-state index in [4.69, 9.17) is 10.7 Å². The topological polar surface area (TPSA) is 89.8 Å². The number of nitrogens with two attached hydrogens (primary N) is 1. The van der Waals surface area contributed by atoms with Crippen LogP contribution in [0.2, 0.25) is 0 Å². The number of aromatic nitrogens is 4. The molecule has 0 bridgehead atoms. The number of anilines is 1. The summed E-state index contributed by atoms with van der Waals surface area (Å²) in [6.45, 7) is 0. The van der Waals surface area contributed by atoms with Crippen molar-refractivity contribution in [3.8, 4) is 0 Å². The lowest BCUT2D eigenvalue weighted by molar-refractivity contribution is 0.109. The van der Waals surface area contributed by atoms with E-state index in [1.807, 2.05) is 10.9 Å². The maximum absolute atomic E-state index is 9.64. The summed E-state index contributed by atoms with van der Waals surface area (Å²) < 4.78 is 1.94. The van der Waals surface area contributed by atoms with Crippen LogP contribution in [0.5, 0.6) is 0 Å². The van der Waals surface area contributed by atoms with Crippen LogP contribution < -0.4 is 5.73 Å². The van der Waals surface area contributed by atoms with Crippen molar-refractivity contribution in [2.24, 2.45) is 0 Å². The number of hydrogen-bond donors (Lipinski definition) is 2. The van der Waals surface area contributed by atoms with E-state index in [1.165, 1.54) is 12.8 Å². The number of aliphatic hydroxyl groups excluding tert-OH is 1. The predicted octanol–water partition coefficient (Wildman–Crippen LogP) is 1.76. The third-order valence-corrected chi connectivity index (χ3v) is 4.46. The molecule has 106 valence electrons. The van der Waals surface area contributed by atoms with Crippen LogP contribution in [0.4, 0.5) is 5.82 Å². The Labute approximate surface area is 117 Å². The van der Waals surface area contributed by atoms with E-state index in [0.717, 1.165) is 37.0 Å². The number of rotatable bonds is 2. The molecular formula is C14H19N5O. The van der Waals surface area contributed by atoms with Gasteiger partial charge in [0.1, 0.15) is 0 Å². The number of hydrogen-bond acceptors (Lipinski definition) is 5. The van der Waals surface area contributed by atoms with Crippen molar-refractivity contribution in [2.75, 3.05) is 5.73 Å². The van der Waals surface area contributed by atoms with Gasteiger partial charge in [-0.25, -0.2) is 14.6 Å². The van der Waals surface area contributed by atoms with Gasteiger partial charge in [-0.1, -0.05) is 0 Å². The van der Waals surface area contributed by atoms with E-state index in [2.05, 4.69) is 10.1 Å². The lowest BCUT2D eigenvalue weighted by Gasteiger charge is -2.25. The molecule has 20 heavy (non-hydrogen) atoms. The second-order valence-corrected chi connectivity index (χ2v) is 6.03. The maximum Gasteiger partial charge on any atom is 0.179 e. The summed E-state index contributed by atoms with van der Waals surface area (Å²) in [6, 6.07) is 0.280. The van der Waals surface area contributed by atoms with Gasteiger partial charge >= 0.3 is 0 Å². The Morgan fingerprint density at radius 1 is 1.15 bits per heavy atom. The molecule has 0 radical (unpaired) electrons. The van der Waals surface area contributed by atoms with E-state index in [9.17, 15) is 5.11 Å². The van der Waals surface area contributed by atoms with Crippen LogP contribution in [-0.2, 0) is 0 Å². The average molecular weight is 273 g/mol. The summed E-state index contributed by atoms with van der Waals surface area (Å²) >= 11 is 0. The van der Waals surface area contributed by atoms with Gasteiger partial charge in [0, 0.05) is 12.1 Å². The third-order valence-electron chi connectivity index (χ3n) is 4.46. The highest BCUT2D eigenvalue weighted by Gasteiger charge is 2.28. The zero-order chi connectivity index (χ0) is 13.7. The molecule has 6 nitrogen and oxygen atoms in total. The SMILES string of the molecule is Nc1nn(C2CCC(O)CC2)c2nc(C3CC3)cnc12. The molecule has 2 fully saturated rings. The second-order valence-electron chi connectivity index (χ2n) is 6.03. The summed E-state index contributed by atoms with van der Waals surface area (Å²) in [5, 5.41) is 14.1. The molecule has 2 aromatic heterocycles. The van der Waals surface area contributed by atoms with Crippen LogP contribution in [-0.4, -0.2) is 31.0 Å². The Morgan fingerprint density at radius 2 is 1.90 bits per heavy atom. The number of fused-ring (bicyclic) bond motifs is 1. The molecule has 0 aliphatic heterocycles. The maximum atomic E-state index is 9.64. The van der Waals surface area contributed by atoms with Gasteiger partial charge in [0.2, 0.25) is 0 Å². The highest BCUT2D eigenvalue weighted by Crippen LogP contribution is 2.39. The van der Waals surface area contributed by atoms with E-state index >= 15 is 0 Å². The largest absolute Gasteiger partial charge is 0.393 e. The van der Waals surface area contributed by atoms with E-state index in [-0.39, 0.29) is 12.1 Å². The van der Waals surface area contributed by atoms with Gasteiger partial charge in [-0.05, 0) is 38.5 Å². The zero-order valence-corrected chi connectivity index (χ0v) is 11.4. The van der Waals surface area contributed by atoms with Crippen molar-refractivity contribution in [1.29, 1.82) is 0 Å². The smallest absolute Gasteiger partial charge is 0.179 e. The molecule has 0 saturated heterocycles. The van der Waals surface area contributed by atoms with Crippen LogP contribution in [0.15, 0.2) is 6.20 Å². The first-order valence-corrected chi connectivity index (χ1v) is 7.41. The molecule has 0 aromatic carbocycles. The minimum atomic E-state index is -0.168. The van der Waals surface area contributed by atoms with Gasteiger partial charge in [0.15, 0.2) is 17.0 Å². The van der Waals surface area contributed by atoms with Gasteiger partial charge in [0.25, 0.3) is 0 Å². The third kappa shape index (κ3) is 1.95. The lowest BCUT2D eigenvalue weighted by Crippen LogP contribution is -2.22. The fourth-order valence-corrected chi connectivity index (χ4v) is 3.08. The number of aliphatic hydroxyl groups is 1. The van der Waals surface area contributed by atoms with Crippen LogP contribution in [0.1, 0.15) is 56.2 Å². The molecule has 3 N–H and O–H groups in total. The van der Waals surface area contributed by atoms with Crippen LogP contribution >= 0.6 is 0 Å². The molecule has 0 spiro atoms. The molecule has 2 aliphatic carbocycles. The van der Waals surface area contributed by atoms with Gasteiger partial charge in [-0.15, -0.1) is 0 Å². The zero-order valence-electron chi connectivity index (χ0n) is 11.4. The van der Waals surface area contributed by atoms with Crippen molar-refractivity contribution >= 4 is 17.0 Å². The quantitative estimate of drug-likeness (QED) is 0.870. The average Bonchev–Trinajstić information content (AvgIpc) is 3.25. The molecule has 6 heteroatoms. The summed E-state index contributed by atoms with van der Waals surface area (Å²) in [6.07, 6.45) is 7.58. The van der Waals surface area contributed by atoms with E-state index < -0.39 is 0 Å². The molecule has 4 rings (SSSR count). The van der Waals surface area contributed by atoms with Crippen LogP contribution in [0.3, 0.4) is 0 Å². The Hall–Kier alpha value is -1.69. The predicted molar refractivity (Wildman–Crippen MR) is 75.2 cm³/mol. The lowest BCUT2D eigenvalue weighted by atomic mass is 9.93. The molecule has 2 heterocycles. The molecule has 0 amide bonds. The van der Waals surface area contributed by atoms with Crippen LogP contribution in [0, 0.1) is 0 Å². The highest BCUT2D eigenvalue weighted by atomic mass is 16.3. The minimum Gasteiger partial charge on any atom is -0.393 e. The van der Waals surface area contributed by atoms with Gasteiger partial charge in [-0.2, -0.15) is 5.10 Å². The van der Waals surface area contributed by atoms with Crippen molar-refractivity contribution < 1.29 is 5.11 Å². The molecule has 2 aromatic rings. The van der Waals surface area contributed by atoms with E-state index in [0.29, 0.717) is 17.3 Å². The number of nitrogens with zero attached hydrogens (tertiary/aromatic N) is 4. The second kappa shape index (κ2) is 4.41. The van der Waals surface area contributed by atoms with E-state index in [1.54, 1.807) is 0 Å². The molecule has 0 atom stereocenters. The summed E-state index contributed by atoms with van der Waals surface area (Å²) in [7, 11) is 0. The Bertz CT molecular complexity index is 640. The van der Waals surface area contributed by atoms with Gasteiger partial charge in [0.05, 0.1) is 17.8 Å². The van der Waals surface area contributed by atoms with Crippen molar-refractivity contribution in [3.05, 3.63) is 11.9 Å². The van der Waals surface area contributed by atoms with Crippen molar-refractivity contribution in [2.45, 2.75) is 56.6 Å². The standard InChI is InChI=1S/C14H19N5O/c15-13-12-14(17-11(7-16-12)8-1-2-8)19(18-13)9-3-5-10(20)6-4-9/h7-10,20H,1-6H2,(H2,15,18). The molecule has 2 aliphatic rings. The molecule has 2 saturated carbocycles. The highest BCUT2D eigenvalue weighted by molar-refractivity contribution is 5.82. The first-order valence-electron chi connectivity index (χ1n) is 7.41. The monoisotopic (exact) mass is 273 g/mol. The van der Waals surface area contributed by atoms with Gasteiger partial charge in [-0.3, -0.25) is 0 Å². The van der Waals surface area contributed by atoms with Crippen molar-refractivity contribution in [1.82, 2.24) is 19.7 Å².